The molecule has 2 rings (SSSR count). The number of likely N-dealkylation sites (tertiary alicyclic amines) is 1. The van der Waals surface area contributed by atoms with E-state index in [-0.39, 0.29) is 0 Å². The third-order valence-corrected chi connectivity index (χ3v) is 5.25. The minimum atomic E-state index is 0.718. The molecule has 2 saturated heterocycles. The lowest BCUT2D eigenvalue weighted by Gasteiger charge is -2.45. The topological polar surface area (TPSA) is 15.3 Å². The Bertz CT molecular complexity index is 207. The van der Waals surface area contributed by atoms with Gasteiger partial charge in [0.15, 0.2) is 0 Å². The summed E-state index contributed by atoms with van der Waals surface area (Å²) in [6.45, 7) is 11.3. The van der Waals surface area contributed by atoms with Crippen LogP contribution < -0.4 is 5.32 Å². The van der Waals surface area contributed by atoms with Gasteiger partial charge in [0.2, 0.25) is 0 Å². The maximum atomic E-state index is 3.50. The molecule has 100 valence electrons. The van der Waals surface area contributed by atoms with Crippen LogP contribution >= 0.6 is 0 Å². The molecule has 1 N–H and O–H groups in total. The largest absolute Gasteiger partial charge is 0.317 e. The molecule has 0 unspecified atom stereocenters. The van der Waals surface area contributed by atoms with E-state index in [1.54, 1.807) is 0 Å². The molecule has 2 nitrogen and oxygen atoms in total. The van der Waals surface area contributed by atoms with Crippen molar-refractivity contribution in [3.63, 3.8) is 0 Å². The van der Waals surface area contributed by atoms with Crippen LogP contribution in [0.15, 0.2) is 0 Å². The second kappa shape index (κ2) is 6.19. The summed E-state index contributed by atoms with van der Waals surface area (Å²) in [7, 11) is 0. The molecule has 2 heteroatoms. The SMILES string of the molecule is CCC(CC)CN1CCC2(CCNCC2)CC1. The van der Waals surface area contributed by atoms with Gasteiger partial charge in [0, 0.05) is 6.54 Å². The van der Waals surface area contributed by atoms with Crippen LogP contribution in [0.4, 0.5) is 0 Å². The first-order valence-corrected chi connectivity index (χ1v) is 7.71. The molecule has 0 aliphatic carbocycles. The van der Waals surface area contributed by atoms with E-state index in [4.69, 9.17) is 0 Å². The van der Waals surface area contributed by atoms with Gasteiger partial charge in [0.1, 0.15) is 0 Å². The molecule has 2 heterocycles. The molecule has 0 aromatic carbocycles. The number of rotatable bonds is 4. The van der Waals surface area contributed by atoms with Crippen molar-refractivity contribution >= 4 is 0 Å². The van der Waals surface area contributed by atoms with Crippen molar-refractivity contribution in [2.45, 2.75) is 52.4 Å². The van der Waals surface area contributed by atoms with Crippen molar-refractivity contribution in [3.8, 4) is 0 Å². The van der Waals surface area contributed by atoms with Crippen LogP contribution in [-0.4, -0.2) is 37.6 Å². The first-order chi connectivity index (χ1) is 8.28. The number of piperidine rings is 2. The van der Waals surface area contributed by atoms with E-state index < -0.39 is 0 Å². The predicted molar refractivity (Wildman–Crippen MR) is 74.3 cm³/mol. The second-order valence-corrected chi connectivity index (χ2v) is 6.23. The first-order valence-electron chi connectivity index (χ1n) is 7.71. The Hall–Kier alpha value is -0.0800. The molecular weight excluding hydrogens is 208 g/mol. The van der Waals surface area contributed by atoms with E-state index in [9.17, 15) is 0 Å². The fourth-order valence-corrected chi connectivity index (χ4v) is 3.58. The molecule has 0 bridgehead atoms. The molecule has 0 aromatic rings. The molecule has 2 aliphatic rings. The summed E-state index contributed by atoms with van der Waals surface area (Å²) in [5, 5.41) is 3.50. The minimum Gasteiger partial charge on any atom is -0.317 e. The Morgan fingerprint density at radius 3 is 2.12 bits per heavy atom. The zero-order chi connectivity index (χ0) is 12.1. The van der Waals surface area contributed by atoms with Crippen LogP contribution in [0.2, 0.25) is 0 Å². The van der Waals surface area contributed by atoms with E-state index in [0.29, 0.717) is 0 Å². The van der Waals surface area contributed by atoms with Gasteiger partial charge in [-0.15, -0.1) is 0 Å². The van der Waals surface area contributed by atoms with Gasteiger partial charge in [-0.3, -0.25) is 0 Å². The Morgan fingerprint density at radius 2 is 1.59 bits per heavy atom. The minimum absolute atomic E-state index is 0.718. The average Bonchev–Trinajstić information content (AvgIpc) is 2.39. The van der Waals surface area contributed by atoms with Crippen molar-refractivity contribution in [2.24, 2.45) is 11.3 Å². The van der Waals surface area contributed by atoms with Gasteiger partial charge in [-0.2, -0.15) is 0 Å². The second-order valence-electron chi connectivity index (χ2n) is 6.23. The quantitative estimate of drug-likeness (QED) is 0.810. The van der Waals surface area contributed by atoms with Gasteiger partial charge in [0.25, 0.3) is 0 Å². The zero-order valence-electron chi connectivity index (χ0n) is 11.8. The van der Waals surface area contributed by atoms with E-state index >= 15 is 0 Å². The van der Waals surface area contributed by atoms with Crippen LogP contribution in [0.25, 0.3) is 0 Å². The average molecular weight is 238 g/mol. The Kier molecular flexibility index (Phi) is 4.87. The molecule has 2 aliphatic heterocycles. The normalized spacial score (nSPS) is 25.6. The smallest absolute Gasteiger partial charge is 0.000946 e. The summed E-state index contributed by atoms with van der Waals surface area (Å²) >= 11 is 0. The standard InChI is InChI=1S/C15H30N2/c1-3-14(4-2)13-17-11-7-15(8-12-17)5-9-16-10-6-15/h14,16H,3-13H2,1-2H3. The summed E-state index contributed by atoms with van der Waals surface area (Å²) < 4.78 is 0. The van der Waals surface area contributed by atoms with Gasteiger partial charge >= 0.3 is 0 Å². The molecule has 1 spiro atoms. The van der Waals surface area contributed by atoms with Crippen LogP contribution in [0.5, 0.6) is 0 Å². The van der Waals surface area contributed by atoms with E-state index in [1.165, 1.54) is 71.2 Å². The first kappa shape index (κ1) is 13.4. The number of hydrogen-bond acceptors (Lipinski definition) is 2. The maximum absolute atomic E-state index is 3.50. The van der Waals surface area contributed by atoms with Crippen LogP contribution in [0.3, 0.4) is 0 Å². The molecule has 0 amide bonds. The summed E-state index contributed by atoms with van der Waals surface area (Å²) in [6, 6.07) is 0. The van der Waals surface area contributed by atoms with Gasteiger partial charge in [-0.05, 0) is 63.2 Å². The van der Waals surface area contributed by atoms with Crippen molar-refractivity contribution in [3.05, 3.63) is 0 Å². The summed E-state index contributed by atoms with van der Waals surface area (Å²) in [5.74, 6) is 0.928. The van der Waals surface area contributed by atoms with Gasteiger partial charge in [-0.1, -0.05) is 26.7 Å². The summed E-state index contributed by atoms with van der Waals surface area (Å²) in [5.41, 5.74) is 0.718. The molecule has 0 radical (unpaired) electrons. The zero-order valence-corrected chi connectivity index (χ0v) is 11.8. The molecular formula is C15H30N2. The summed E-state index contributed by atoms with van der Waals surface area (Å²) in [6.07, 6.45) is 8.45. The molecule has 2 fully saturated rings. The number of nitrogens with one attached hydrogen (secondary N) is 1. The Labute approximate surface area is 107 Å². The maximum Gasteiger partial charge on any atom is 0.000946 e. The van der Waals surface area contributed by atoms with Crippen LogP contribution in [-0.2, 0) is 0 Å². The van der Waals surface area contributed by atoms with E-state index in [0.717, 1.165) is 11.3 Å². The highest BCUT2D eigenvalue weighted by Crippen LogP contribution is 2.39. The van der Waals surface area contributed by atoms with Crippen molar-refractivity contribution in [2.75, 3.05) is 32.7 Å². The van der Waals surface area contributed by atoms with Crippen molar-refractivity contribution in [1.29, 1.82) is 0 Å². The third kappa shape index (κ3) is 3.45. The summed E-state index contributed by atoms with van der Waals surface area (Å²) in [4.78, 5) is 2.73. The van der Waals surface area contributed by atoms with Gasteiger partial charge in [0.05, 0.1) is 0 Å². The number of nitrogens with zero attached hydrogens (tertiary/aromatic N) is 1. The Balaban J connectivity index is 1.77. The monoisotopic (exact) mass is 238 g/mol. The molecule has 0 saturated carbocycles. The van der Waals surface area contributed by atoms with Crippen molar-refractivity contribution in [1.82, 2.24) is 10.2 Å². The lowest BCUT2D eigenvalue weighted by molar-refractivity contribution is 0.0645. The lowest BCUT2D eigenvalue weighted by atomic mass is 9.71. The molecule has 17 heavy (non-hydrogen) atoms. The number of hydrogen-bond donors (Lipinski definition) is 1. The van der Waals surface area contributed by atoms with Crippen molar-refractivity contribution < 1.29 is 0 Å². The van der Waals surface area contributed by atoms with Crippen LogP contribution in [0.1, 0.15) is 52.4 Å². The van der Waals surface area contributed by atoms with Crippen LogP contribution in [0, 0.1) is 11.3 Å². The highest BCUT2D eigenvalue weighted by Gasteiger charge is 2.35. The predicted octanol–water partition coefficient (Wildman–Crippen LogP) is 2.89. The fourth-order valence-electron chi connectivity index (χ4n) is 3.58. The molecule has 0 atom stereocenters. The van der Waals surface area contributed by atoms with E-state index in [1.807, 2.05) is 0 Å². The van der Waals surface area contributed by atoms with E-state index in [2.05, 4.69) is 24.1 Å². The lowest BCUT2D eigenvalue weighted by Crippen LogP contribution is -2.46. The highest BCUT2D eigenvalue weighted by atomic mass is 15.1. The third-order valence-electron chi connectivity index (χ3n) is 5.25. The Morgan fingerprint density at radius 1 is 1.00 bits per heavy atom. The highest BCUT2D eigenvalue weighted by molar-refractivity contribution is 4.89. The fraction of sp³-hybridized carbons (Fsp3) is 1.00. The van der Waals surface area contributed by atoms with Gasteiger partial charge in [-0.25, -0.2) is 0 Å². The van der Waals surface area contributed by atoms with Gasteiger partial charge < -0.3 is 10.2 Å². The molecule has 0 aromatic heterocycles.